The van der Waals surface area contributed by atoms with Gasteiger partial charge in [-0.05, 0) is 42.5 Å². The van der Waals surface area contributed by atoms with Gasteiger partial charge in [0.25, 0.3) is 5.56 Å². The summed E-state index contributed by atoms with van der Waals surface area (Å²) in [6.07, 6.45) is -0.222. The minimum absolute atomic E-state index is 0.00712. The molecule has 3 N–H and O–H groups in total. The Hall–Kier alpha value is -3.55. The number of aromatic nitrogens is 2. The van der Waals surface area contributed by atoms with Crippen molar-refractivity contribution in [2.75, 3.05) is 5.32 Å². The topological polar surface area (TPSA) is 112 Å². The average Bonchev–Trinajstić information content (AvgIpc) is 2.56. The summed E-state index contributed by atoms with van der Waals surface area (Å²) in [5, 5.41) is 11.8. The first-order chi connectivity index (χ1) is 11.9. The number of carbonyl (C=O) groups is 2. The second-order valence-corrected chi connectivity index (χ2v) is 5.28. The molecule has 3 rings (SSSR count). The lowest BCUT2D eigenvalue weighted by molar-refractivity contribution is -0.115. The summed E-state index contributed by atoms with van der Waals surface area (Å²) in [7, 11) is 0. The van der Waals surface area contributed by atoms with Crippen molar-refractivity contribution in [3.8, 4) is 0 Å². The molecule has 0 atom stereocenters. The summed E-state index contributed by atoms with van der Waals surface area (Å²) < 4.78 is 12.8. The van der Waals surface area contributed by atoms with Crippen LogP contribution in [-0.2, 0) is 11.2 Å². The van der Waals surface area contributed by atoms with Gasteiger partial charge in [-0.25, -0.2) is 14.2 Å². The number of aromatic carboxylic acids is 1. The number of hydrogen-bond acceptors (Lipinski definition) is 4. The Morgan fingerprint density at radius 2 is 1.88 bits per heavy atom. The molecule has 0 aliphatic heterocycles. The highest BCUT2D eigenvalue weighted by Gasteiger charge is 2.11. The number of H-pyrrole nitrogens is 1. The van der Waals surface area contributed by atoms with Gasteiger partial charge in [-0.3, -0.25) is 9.59 Å². The third kappa shape index (κ3) is 3.69. The Bertz CT molecular complexity index is 1030. The van der Waals surface area contributed by atoms with Crippen molar-refractivity contribution in [3.63, 3.8) is 0 Å². The van der Waals surface area contributed by atoms with Crippen LogP contribution in [0.3, 0.4) is 0 Å². The van der Waals surface area contributed by atoms with Crippen molar-refractivity contribution in [1.82, 2.24) is 9.97 Å². The molecular weight excluding hydrogens is 329 g/mol. The normalized spacial score (nSPS) is 10.6. The van der Waals surface area contributed by atoms with Crippen LogP contribution in [0.5, 0.6) is 0 Å². The minimum atomic E-state index is -1.14. The van der Waals surface area contributed by atoms with Crippen LogP contribution in [0.2, 0.25) is 0 Å². The third-order valence-electron chi connectivity index (χ3n) is 3.46. The van der Waals surface area contributed by atoms with Crippen LogP contribution in [-0.4, -0.2) is 27.0 Å². The summed E-state index contributed by atoms with van der Waals surface area (Å²) >= 11 is 0. The number of hydrogen-bond donors (Lipinski definition) is 3. The lowest BCUT2D eigenvalue weighted by Gasteiger charge is -2.06. The predicted molar refractivity (Wildman–Crippen MR) is 88.1 cm³/mol. The summed E-state index contributed by atoms with van der Waals surface area (Å²) in [6, 6.07) is 9.17. The van der Waals surface area contributed by atoms with Crippen molar-refractivity contribution in [1.29, 1.82) is 0 Å². The van der Waals surface area contributed by atoms with E-state index in [2.05, 4.69) is 15.3 Å². The van der Waals surface area contributed by atoms with Gasteiger partial charge in [-0.1, -0.05) is 0 Å². The van der Waals surface area contributed by atoms with Crippen LogP contribution in [0.1, 0.15) is 16.2 Å². The van der Waals surface area contributed by atoms with E-state index in [-0.39, 0.29) is 28.7 Å². The highest BCUT2D eigenvalue weighted by atomic mass is 19.1. The van der Waals surface area contributed by atoms with Crippen LogP contribution in [0.4, 0.5) is 10.1 Å². The fourth-order valence-electron chi connectivity index (χ4n) is 2.30. The van der Waals surface area contributed by atoms with Crippen molar-refractivity contribution in [3.05, 3.63) is 70.0 Å². The average molecular weight is 341 g/mol. The first-order valence-corrected chi connectivity index (χ1v) is 7.24. The van der Waals surface area contributed by atoms with E-state index < -0.39 is 23.3 Å². The molecule has 0 spiro atoms. The zero-order chi connectivity index (χ0) is 18.0. The molecule has 2 aromatic carbocycles. The third-order valence-corrected chi connectivity index (χ3v) is 3.46. The molecule has 1 heterocycles. The Labute approximate surface area is 140 Å². The number of nitrogens with zero attached hydrogens (tertiary/aromatic N) is 1. The summed E-state index contributed by atoms with van der Waals surface area (Å²) in [5.74, 6) is -1.92. The number of halogens is 1. The number of aromatic amines is 1. The number of carboxylic acid groups (broad SMARTS) is 1. The zero-order valence-electron chi connectivity index (χ0n) is 12.7. The molecule has 0 aliphatic carbocycles. The summed E-state index contributed by atoms with van der Waals surface area (Å²) in [6.45, 7) is 0. The molecule has 0 saturated carbocycles. The lowest BCUT2D eigenvalue weighted by Crippen LogP contribution is -2.19. The van der Waals surface area contributed by atoms with E-state index in [1.165, 1.54) is 42.5 Å². The number of benzene rings is 2. The fraction of sp³-hybridized carbons (Fsp3) is 0.0588. The van der Waals surface area contributed by atoms with E-state index in [9.17, 15) is 18.8 Å². The second kappa shape index (κ2) is 6.52. The van der Waals surface area contributed by atoms with Gasteiger partial charge in [0, 0.05) is 5.69 Å². The first-order valence-electron chi connectivity index (χ1n) is 7.24. The first kappa shape index (κ1) is 16.3. The molecule has 25 heavy (non-hydrogen) atoms. The highest BCUT2D eigenvalue weighted by Crippen LogP contribution is 2.12. The molecule has 1 aromatic heterocycles. The minimum Gasteiger partial charge on any atom is -0.478 e. The standard InChI is InChI=1S/C17H12FN3O4/c18-10-2-4-11(5-3-10)19-15(22)8-14-20-13-7-9(17(24)25)1-6-12(13)16(23)21-14/h1-7H,8H2,(H,19,22)(H,24,25)(H,20,21,23). The number of anilines is 1. The van der Waals surface area contributed by atoms with Gasteiger partial charge in [0.1, 0.15) is 11.6 Å². The number of carboxylic acids is 1. The monoisotopic (exact) mass is 341 g/mol. The van der Waals surface area contributed by atoms with Gasteiger partial charge in [-0.15, -0.1) is 0 Å². The SMILES string of the molecule is O=C(Cc1nc2cc(C(=O)O)ccc2c(=O)[nH]1)Nc1ccc(F)cc1. The molecule has 0 aliphatic rings. The predicted octanol–water partition coefficient (Wildman–Crippen LogP) is 1.94. The quantitative estimate of drug-likeness (QED) is 0.671. The van der Waals surface area contributed by atoms with E-state index >= 15 is 0 Å². The summed E-state index contributed by atoms with van der Waals surface area (Å²) in [4.78, 5) is 41.7. The number of rotatable bonds is 4. The van der Waals surface area contributed by atoms with Gasteiger partial charge in [0.05, 0.1) is 22.9 Å². The maximum Gasteiger partial charge on any atom is 0.335 e. The Morgan fingerprint density at radius 3 is 2.56 bits per heavy atom. The van der Waals surface area contributed by atoms with Crippen LogP contribution >= 0.6 is 0 Å². The van der Waals surface area contributed by atoms with Crippen LogP contribution in [0, 0.1) is 5.82 Å². The van der Waals surface area contributed by atoms with Crippen molar-refractivity contribution in [2.24, 2.45) is 0 Å². The molecule has 8 heteroatoms. The molecular formula is C17H12FN3O4. The number of carbonyl (C=O) groups excluding carboxylic acids is 1. The molecule has 0 radical (unpaired) electrons. The second-order valence-electron chi connectivity index (χ2n) is 5.28. The molecule has 7 nitrogen and oxygen atoms in total. The van der Waals surface area contributed by atoms with E-state index in [1.807, 2.05) is 0 Å². The molecule has 0 unspecified atom stereocenters. The van der Waals surface area contributed by atoms with E-state index in [4.69, 9.17) is 5.11 Å². The van der Waals surface area contributed by atoms with Crippen LogP contribution in [0.25, 0.3) is 10.9 Å². The molecule has 0 bridgehead atoms. The fourth-order valence-corrected chi connectivity index (χ4v) is 2.30. The maximum atomic E-state index is 12.8. The lowest BCUT2D eigenvalue weighted by atomic mass is 10.1. The van der Waals surface area contributed by atoms with Gasteiger partial charge < -0.3 is 15.4 Å². The van der Waals surface area contributed by atoms with E-state index in [0.29, 0.717) is 5.69 Å². The summed E-state index contributed by atoms with van der Waals surface area (Å²) in [5.41, 5.74) is 0.120. The zero-order valence-corrected chi connectivity index (χ0v) is 12.7. The van der Waals surface area contributed by atoms with Gasteiger partial charge in [0.15, 0.2) is 0 Å². The van der Waals surface area contributed by atoms with Crippen LogP contribution in [0.15, 0.2) is 47.3 Å². The largest absolute Gasteiger partial charge is 0.478 e. The van der Waals surface area contributed by atoms with Crippen LogP contribution < -0.4 is 10.9 Å². The number of nitrogens with one attached hydrogen (secondary N) is 2. The Balaban J connectivity index is 1.85. The van der Waals surface area contributed by atoms with E-state index in [1.54, 1.807) is 0 Å². The molecule has 0 saturated heterocycles. The van der Waals surface area contributed by atoms with E-state index in [0.717, 1.165) is 0 Å². The Kier molecular flexibility index (Phi) is 4.25. The molecule has 126 valence electrons. The maximum absolute atomic E-state index is 12.8. The highest BCUT2D eigenvalue weighted by molar-refractivity contribution is 5.94. The molecule has 0 fully saturated rings. The smallest absolute Gasteiger partial charge is 0.335 e. The molecule has 1 amide bonds. The van der Waals surface area contributed by atoms with Gasteiger partial charge in [-0.2, -0.15) is 0 Å². The molecule has 3 aromatic rings. The van der Waals surface area contributed by atoms with Crippen molar-refractivity contribution in [2.45, 2.75) is 6.42 Å². The van der Waals surface area contributed by atoms with Crippen molar-refractivity contribution < 1.29 is 19.1 Å². The van der Waals surface area contributed by atoms with Gasteiger partial charge >= 0.3 is 5.97 Å². The Morgan fingerprint density at radius 1 is 1.16 bits per heavy atom. The number of fused-ring (bicyclic) bond motifs is 1. The number of amides is 1. The van der Waals surface area contributed by atoms with Crippen molar-refractivity contribution >= 4 is 28.5 Å². The van der Waals surface area contributed by atoms with Gasteiger partial charge in [0.2, 0.25) is 5.91 Å².